The summed E-state index contributed by atoms with van der Waals surface area (Å²) in [6, 6.07) is 1.71. The van der Waals surface area contributed by atoms with Gasteiger partial charge >= 0.3 is 6.18 Å². The van der Waals surface area contributed by atoms with E-state index in [0.717, 1.165) is 37.6 Å². The van der Waals surface area contributed by atoms with Crippen molar-refractivity contribution in [2.45, 2.75) is 37.6 Å². The summed E-state index contributed by atoms with van der Waals surface area (Å²) in [7, 11) is 0. The Balaban J connectivity index is 2.11. The van der Waals surface area contributed by atoms with E-state index in [1.165, 1.54) is 0 Å². The maximum absolute atomic E-state index is 12.5. The molecule has 1 aliphatic carbocycles. The Morgan fingerprint density at radius 2 is 2.12 bits per heavy atom. The molecule has 0 amide bonds. The first-order chi connectivity index (χ1) is 7.97. The Morgan fingerprint density at radius 3 is 2.71 bits per heavy atom. The maximum atomic E-state index is 12.5. The maximum Gasteiger partial charge on any atom is 0.416 e. The van der Waals surface area contributed by atoms with E-state index in [2.05, 4.69) is 4.98 Å². The van der Waals surface area contributed by atoms with Crippen LogP contribution < -0.4 is 10.5 Å². The van der Waals surface area contributed by atoms with E-state index in [0.29, 0.717) is 0 Å². The summed E-state index contributed by atoms with van der Waals surface area (Å²) in [6.07, 6.45) is -0.976. The zero-order valence-corrected chi connectivity index (χ0v) is 9.07. The number of halogens is 3. The Kier molecular flexibility index (Phi) is 3.24. The molecule has 1 heterocycles. The van der Waals surface area contributed by atoms with Crippen molar-refractivity contribution >= 4 is 0 Å². The number of hydrogen-bond acceptors (Lipinski definition) is 3. The van der Waals surface area contributed by atoms with Crippen molar-refractivity contribution in [2.75, 3.05) is 0 Å². The largest absolute Gasteiger partial charge is 0.473 e. The van der Waals surface area contributed by atoms with E-state index in [9.17, 15) is 13.2 Å². The number of hydrogen-bond donors (Lipinski definition) is 1. The van der Waals surface area contributed by atoms with Crippen LogP contribution in [-0.4, -0.2) is 17.1 Å². The highest BCUT2D eigenvalue weighted by atomic mass is 19.4. The van der Waals surface area contributed by atoms with Crippen LogP contribution in [0, 0.1) is 0 Å². The van der Waals surface area contributed by atoms with Gasteiger partial charge in [0, 0.05) is 18.3 Å². The number of nitrogens with two attached hydrogens (primary N) is 1. The van der Waals surface area contributed by atoms with Gasteiger partial charge in [-0.05, 0) is 25.3 Å². The highest BCUT2D eigenvalue weighted by molar-refractivity contribution is 5.23. The van der Waals surface area contributed by atoms with Gasteiger partial charge in [0.2, 0.25) is 5.88 Å². The second kappa shape index (κ2) is 4.52. The van der Waals surface area contributed by atoms with E-state index in [-0.39, 0.29) is 18.0 Å². The Bertz CT molecular complexity index is 395. The number of alkyl halides is 3. The van der Waals surface area contributed by atoms with Gasteiger partial charge in [-0.15, -0.1) is 0 Å². The molecule has 1 aliphatic rings. The summed E-state index contributed by atoms with van der Waals surface area (Å²) in [5.41, 5.74) is 5.02. The molecule has 6 heteroatoms. The van der Waals surface area contributed by atoms with Crippen LogP contribution in [-0.2, 0) is 6.18 Å². The van der Waals surface area contributed by atoms with Gasteiger partial charge in [-0.25, -0.2) is 4.98 Å². The molecule has 0 aliphatic heterocycles. The molecule has 0 spiro atoms. The molecule has 2 N–H and O–H groups in total. The number of rotatable bonds is 2. The van der Waals surface area contributed by atoms with E-state index >= 15 is 0 Å². The van der Waals surface area contributed by atoms with Gasteiger partial charge in [-0.1, -0.05) is 0 Å². The van der Waals surface area contributed by atoms with Crippen molar-refractivity contribution < 1.29 is 17.9 Å². The molecule has 3 nitrogen and oxygen atoms in total. The Hall–Kier alpha value is -1.30. The van der Waals surface area contributed by atoms with Crippen LogP contribution in [0.25, 0.3) is 0 Å². The van der Waals surface area contributed by atoms with Crippen molar-refractivity contribution in [1.29, 1.82) is 0 Å². The summed E-state index contributed by atoms with van der Waals surface area (Å²) in [5.74, 6) is -0.0119. The average Bonchev–Trinajstić information content (AvgIpc) is 2.64. The minimum Gasteiger partial charge on any atom is -0.473 e. The fourth-order valence-electron chi connectivity index (χ4n) is 1.91. The van der Waals surface area contributed by atoms with Crippen LogP contribution in [0.1, 0.15) is 24.8 Å². The molecule has 1 aromatic heterocycles. The highest BCUT2D eigenvalue weighted by Crippen LogP contribution is 2.31. The molecule has 0 saturated heterocycles. The Morgan fingerprint density at radius 1 is 1.35 bits per heavy atom. The van der Waals surface area contributed by atoms with Gasteiger partial charge in [-0.2, -0.15) is 13.2 Å². The third kappa shape index (κ3) is 2.88. The predicted octanol–water partition coefficient (Wildman–Crippen LogP) is 2.36. The minimum atomic E-state index is -4.38. The second-order valence-corrected chi connectivity index (χ2v) is 4.13. The quantitative estimate of drug-likeness (QED) is 0.871. The standard InChI is InChI=1S/C11H13F3N2O/c12-11(13,14)7-4-5-16-10(6-7)17-9-3-1-2-8(9)15/h4-6,8-9H,1-3,15H2. The molecule has 2 atom stereocenters. The molecule has 0 radical (unpaired) electrons. The number of pyridine rings is 1. The molecule has 2 rings (SSSR count). The normalized spacial score (nSPS) is 24.9. The molecule has 1 aromatic rings. The third-order valence-electron chi connectivity index (χ3n) is 2.84. The van der Waals surface area contributed by atoms with Gasteiger partial charge in [0.15, 0.2) is 0 Å². The van der Waals surface area contributed by atoms with E-state index in [1.54, 1.807) is 0 Å². The van der Waals surface area contributed by atoms with Crippen molar-refractivity contribution in [3.05, 3.63) is 23.9 Å². The smallest absolute Gasteiger partial charge is 0.416 e. The van der Waals surface area contributed by atoms with Crippen LogP contribution in [0.15, 0.2) is 18.3 Å². The first-order valence-electron chi connectivity index (χ1n) is 5.42. The summed E-state index contributed by atoms with van der Waals surface area (Å²) in [6.45, 7) is 0. The monoisotopic (exact) mass is 246 g/mol. The summed E-state index contributed by atoms with van der Waals surface area (Å²) in [5, 5.41) is 0. The van der Waals surface area contributed by atoms with E-state index < -0.39 is 11.7 Å². The number of nitrogens with zero attached hydrogens (tertiary/aromatic N) is 1. The number of aromatic nitrogens is 1. The van der Waals surface area contributed by atoms with Crippen LogP contribution in [0.4, 0.5) is 13.2 Å². The summed E-state index contributed by atoms with van der Waals surface area (Å²) in [4.78, 5) is 3.77. The topological polar surface area (TPSA) is 48.1 Å². The molecule has 94 valence electrons. The van der Waals surface area contributed by atoms with Gasteiger partial charge in [0.05, 0.1) is 5.56 Å². The van der Waals surface area contributed by atoms with Gasteiger partial charge in [0.25, 0.3) is 0 Å². The molecular weight excluding hydrogens is 233 g/mol. The molecular formula is C11H13F3N2O. The fraction of sp³-hybridized carbons (Fsp3) is 0.545. The third-order valence-corrected chi connectivity index (χ3v) is 2.84. The molecule has 1 saturated carbocycles. The molecule has 1 fully saturated rings. The minimum absolute atomic E-state index is 0.0119. The molecule has 0 bridgehead atoms. The van der Waals surface area contributed by atoms with Crippen LogP contribution in [0.3, 0.4) is 0 Å². The SMILES string of the molecule is NC1CCCC1Oc1cc(C(F)(F)F)ccn1. The van der Waals surface area contributed by atoms with Gasteiger partial charge in [-0.3, -0.25) is 0 Å². The van der Waals surface area contributed by atoms with Crippen molar-refractivity contribution in [3.8, 4) is 5.88 Å². The van der Waals surface area contributed by atoms with Crippen molar-refractivity contribution in [3.63, 3.8) is 0 Å². The van der Waals surface area contributed by atoms with Crippen LogP contribution in [0.2, 0.25) is 0 Å². The molecule has 0 aromatic carbocycles. The number of ether oxygens (including phenoxy) is 1. The second-order valence-electron chi connectivity index (χ2n) is 4.13. The summed E-state index contributed by atoms with van der Waals surface area (Å²) >= 11 is 0. The van der Waals surface area contributed by atoms with Crippen LogP contribution in [0.5, 0.6) is 5.88 Å². The van der Waals surface area contributed by atoms with E-state index in [4.69, 9.17) is 10.5 Å². The summed E-state index contributed by atoms with van der Waals surface area (Å²) < 4.78 is 42.7. The van der Waals surface area contributed by atoms with Crippen molar-refractivity contribution in [2.24, 2.45) is 5.73 Å². The van der Waals surface area contributed by atoms with Crippen LogP contribution >= 0.6 is 0 Å². The van der Waals surface area contributed by atoms with E-state index in [1.807, 2.05) is 0 Å². The average molecular weight is 246 g/mol. The highest BCUT2D eigenvalue weighted by Gasteiger charge is 2.32. The lowest BCUT2D eigenvalue weighted by Gasteiger charge is -2.17. The predicted molar refractivity (Wildman–Crippen MR) is 55.5 cm³/mol. The Labute approximate surface area is 96.8 Å². The molecule has 17 heavy (non-hydrogen) atoms. The lowest BCUT2D eigenvalue weighted by molar-refractivity contribution is -0.137. The lowest BCUT2D eigenvalue weighted by Crippen LogP contribution is -2.33. The zero-order chi connectivity index (χ0) is 12.5. The fourth-order valence-corrected chi connectivity index (χ4v) is 1.91. The van der Waals surface area contributed by atoms with Crippen molar-refractivity contribution in [1.82, 2.24) is 4.98 Å². The molecule has 2 unspecified atom stereocenters. The zero-order valence-electron chi connectivity index (χ0n) is 9.07. The first kappa shape index (κ1) is 12.2. The lowest BCUT2D eigenvalue weighted by atomic mass is 10.2. The first-order valence-corrected chi connectivity index (χ1v) is 5.42. The van der Waals surface area contributed by atoms with Gasteiger partial charge < -0.3 is 10.5 Å². The van der Waals surface area contributed by atoms with Gasteiger partial charge in [0.1, 0.15) is 6.10 Å².